The zero-order valence-corrected chi connectivity index (χ0v) is 12.0. The summed E-state index contributed by atoms with van der Waals surface area (Å²) in [7, 11) is 1.81. The number of rotatable bonds is 4. The minimum Gasteiger partial charge on any atom is -0.380 e. The van der Waals surface area contributed by atoms with Gasteiger partial charge in [0.15, 0.2) is 0 Å². The van der Waals surface area contributed by atoms with E-state index in [0.29, 0.717) is 18.2 Å². The van der Waals surface area contributed by atoms with Crippen LogP contribution in [0.5, 0.6) is 0 Å². The molecule has 1 aliphatic rings. The van der Waals surface area contributed by atoms with Crippen molar-refractivity contribution in [2.75, 3.05) is 7.11 Å². The van der Waals surface area contributed by atoms with Crippen LogP contribution in [-0.4, -0.2) is 19.3 Å². The molecule has 1 aromatic carbocycles. The molecule has 17 heavy (non-hydrogen) atoms. The highest BCUT2D eigenvalue weighted by molar-refractivity contribution is 9.10. The van der Waals surface area contributed by atoms with Crippen LogP contribution in [0.1, 0.15) is 37.8 Å². The van der Waals surface area contributed by atoms with Gasteiger partial charge in [0.25, 0.3) is 0 Å². The lowest BCUT2D eigenvalue weighted by Gasteiger charge is -2.25. The summed E-state index contributed by atoms with van der Waals surface area (Å²) >= 11 is 3.61. The Morgan fingerprint density at radius 2 is 2.12 bits per heavy atom. The molecule has 1 aromatic rings. The Morgan fingerprint density at radius 3 is 2.82 bits per heavy atom. The van der Waals surface area contributed by atoms with E-state index in [1.165, 1.54) is 29.3 Å². The summed E-state index contributed by atoms with van der Waals surface area (Å²) in [6, 6.07) is 9.23. The van der Waals surface area contributed by atoms with Crippen molar-refractivity contribution in [3.05, 3.63) is 34.3 Å². The maximum absolute atomic E-state index is 5.52. The fourth-order valence-electron chi connectivity index (χ4n) is 2.64. The summed E-state index contributed by atoms with van der Waals surface area (Å²) < 4.78 is 6.69. The number of halogens is 1. The quantitative estimate of drug-likeness (QED) is 0.916. The van der Waals surface area contributed by atoms with Gasteiger partial charge in [-0.3, -0.25) is 0 Å². The number of hydrogen-bond acceptors (Lipinski definition) is 2. The maximum atomic E-state index is 5.52. The topological polar surface area (TPSA) is 21.3 Å². The highest BCUT2D eigenvalue weighted by atomic mass is 79.9. The normalized spacial score (nSPS) is 26.1. The Bertz CT molecular complexity index is 369. The lowest BCUT2D eigenvalue weighted by atomic mass is 10.1. The standard InChI is InChI=1S/C14H20BrNO/c1-10(11-6-3-4-7-12(11)15)16-13-8-5-9-14(13)17-2/h3-4,6-7,10,13-14,16H,5,8-9H2,1-2H3. The van der Waals surface area contributed by atoms with Gasteiger partial charge in [-0.2, -0.15) is 0 Å². The monoisotopic (exact) mass is 297 g/mol. The van der Waals surface area contributed by atoms with Crippen molar-refractivity contribution in [3.63, 3.8) is 0 Å². The molecule has 1 fully saturated rings. The molecule has 3 heteroatoms. The Labute approximate surface area is 112 Å². The average molecular weight is 298 g/mol. The van der Waals surface area contributed by atoms with Crippen molar-refractivity contribution >= 4 is 15.9 Å². The van der Waals surface area contributed by atoms with Crippen LogP contribution in [0, 0.1) is 0 Å². The summed E-state index contributed by atoms with van der Waals surface area (Å²) in [6.45, 7) is 2.21. The number of ether oxygens (including phenoxy) is 1. The van der Waals surface area contributed by atoms with Crippen molar-refractivity contribution < 1.29 is 4.74 Å². The molecule has 1 aliphatic carbocycles. The Morgan fingerprint density at radius 1 is 1.35 bits per heavy atom. The van der Waals surface area contributed by atoms with Crippen LogP contribution < -0.4 is 5.32 Å². The molecule has 94 valence electrons. The van der Waals surface area contributed by atoms with Crippen LogP contribution in [0.3, 0.4) is 0 Å². The molecule has 3 unspecified atom stereocenters. The third-order valence-electron chi connectivity index (χ3n) is 3.59. The fourth-order valence-corrected chi connectivity index (χ4v) is 3.26. The van der Waals surface area contributed by atoms with Gasteiger partial charge in [-0.15, -0.1) is 0 Å². The van der Waals surface area contributed by atoms with Gasteiger partial charge in [-0.1, -0.05) is 34.1 Å². The van der Waals surface area contributed by atoms with E-state index in [9.17, 15) is 0 Å². The minimum absolute atomic E-state index is 0.353. The highest BCUT2D eigenvalue weighted by Crippen LogP contribution is 2.27. The van der Waals surface area contributed by atoms with Crippen LogP contribution in [-0.2, 0) is 4.74 Å². The average Bonchev–Trinajstić information content (AvgIpc) is 2.76. The van der Waals surface area contributed by atoms with Gasteiger partial charge < -0.3 is 10.1 Å². The van der Waals surface area contributed by atoms with Crippen LogP contribution in [0.15, 0.2) is 28.7 Å². The van der Waals surface area contributed by atoms with Crippen LogP contribution >= 0.6 is 15.9 Å². The summed E-state index contributed by atoms with van der Waals surface area (Å²) in [4.78, 5) is 0. The number of nitrogens with one attached hydrogen (secondary N) is 1. The summed E-state index contributed by atoms with van der Waals surface area (Å²) in [5.41, 5.74) is 1.31. The molecule has 2 nitrogen and oxygen atoms in total. The Balaban J connectivity index is 2.01. The Hall–Kier alpha value is -0.380. The maximum Gasteiger partial charge on any atom is 0.0724 e. The predicted molar refractivity (Wildman–Crippen MR) is 74.1 cm³/mol. The van der Waals surface area contributed by atoms with E-state index in [1.54, 1.807) is 0 Å². The lowest BCUT2D eigenvalue weighted by Crippen LogP contribution is -2.38. The smallest absolute Gasteiger partial charge is 0.0724 e. The third-order valence-corrected chi connectivity index (χ3v) is 4.31. The second kappa shape index (κ2) is 5.98. The van der Waals surface area contributed by atoms with Gasteiger partial charge in [0.2, 0.25) is 0 Å². The van der Waals surface area contributed by atoms with Gasteiger partial charge in [-0.25, -0.2) is 0 Å². The summed E-state index contributed by atoms with van der Waals surface area (Å²) in [5.74, 6) is 0. The van der Waals surface area contributed by atoms with E-state index in [2.05, 4.69) is 46.4 Å². The first-order chi connectivity index (χ1) is 8.22. The largest absolute Gasteiger partial charge is 0.380 e. The van der Waals surface area contributed by atoms with Gasteiger partial charge in [0.05, 0.1) is 6.10 Å². The molecule has 0 radical (unpaired) electrons. The first-order valence-electron chi connectivity index (χ1n) is 6.25. The first-order valence-corrected chi connectivity index (χ1v) is 7.05. The molecule has 0 amide bonds. The summed E-state index contributed by atoms with van der Waals surface area (Å²) in [5, 5.41) is 3.68. The fraction of sp³-hybridized carbons (Fsp3) is 0.571. The van der Waals surface area contributed by atoms with Crippen molar-refractivity contribution in [3.8, 4) is 0 Å². The van der Waals surface area contributed by atoms with Crippen LogP contribution in [0.2, 0.25) is 0 Å². The van der Waals surface area contributed by atoms with Crippen molar-refractivity contribution in [2.45, 2.75) is 44.4 Å². The van der Waals surface area contributed by atoms with E-state index in [-0.39, 0.29) is 0 Å². The van der Waals surface area contributed by atoms with Gasteiger partial charge in [0, 0.05) is 23.7 Å². The SMILES string of the molecule is COC1CCCC1NC(C)c1ccccc1Br. The van der Waals surface area contributed by atoms with Crippen molar-refractivity contribution in [1.29, 1.82) is 0 Å². The lowest BCUT2D eigenvalue weighted by molar-refractivity contribution is 0.0819. The van der Waals surface area contributed by atoms with Crippen LogP contribution in [0.4, 0.5) is 0 Å². The molecule has 0 aliphatic heterocycles. The first kappa shape index (κ1) is 13.1. The van der Waals surface area contributed by atoms with E-state index in [4.69, 9.17) is 4.74 Å². The molecule has 1 saturated carbocycles. The van der Waals surface area contributed by atoms with E-state index in [0.717, 1.165) is 0 Å². The van der Waals surface area contributed by atoms with E-state index < -0.39 is 0 Å². The molecule has 0 heterocycles. The third kappa shape index (κ3) is 3.09. The van der Waals surface area contributed by atoms with Gasteiger partial charge in [-0.05, 0) is 37.8 Å². The molecule has 0 bridgehead atoms. The molecular formula is C14H20BrNO. The number of hydrogen-bond donors (Lipinski definition) is 1. The van der Waals surface area contributed by atoms with Crippen LogP contribution in [0.25, 0.3) is 0 Å². The van der Waals surface area contributed by atoms with E-state index in [1.807, 2.05) is 13.2 Å². The zero-order valence-electron chi connectivity index (χ0n) is 10.4. The molecule has 0 aromatic heterocycles. The number of methoxy groups -OCH3 is 1. The minimum atomic E-state index is 0.353. The Kier molecular flexibility index (Phi) is 4.60. The second-order valence-electron chi connectivity index (χ2n) is 4.72. The van der Waals surface area contributed by atoms with Crippen molar-refractivity contribution in [1.82, 2.24) is 5.32 Å². The van der Waals surface area contributed by atoms with E-state index >= 15 is 0 Å². The molecule has 3 atom stereocenters. The molecular weight excluding hydrogens is 278 g/mol. The summed E-state index contributed by atoms with van der Waals surface area (Å²) in [6.07, 6.45) is 4.03. The van der Waals surface area contributed by atoms with Gasteiger partial charge in [0.1, 0.15) is 0 Å². The van der Waals surface area contributed by atoms with Crippen molar-refractivity contribution in [2.24, 2.45) is 0 Å². The highest BCUT2D eigenvalue weighted by Gasteiger charge is 2.28. The second-order valence-corrected chi connectivity index (χ2v) is 5.58. The molecule has 0 spiro atoms. The molecule has 2 rings (SSSR count). The molecule has 0 saturated heterocycles. The van der Waals surface area contributed by atoms with Gasteiger partial charge >= 0.3 is 0 Å². The number of benzene rings is 1. The predicted octanol–water partition coefficient (Wildman–Crippen LogP) is 3.67. The zero-order chi connectivity index (χ0) is 12.3. The molecule has 1 N–H and O–H groups in total.